The molecule has 0 radical (unpaired) electrons. The molecule has 0 N–H and O–H groups in total. The van der Waals surface area contributed by atoms with Crippen LogP contribution in [0.4, 0.5) is 5.82 Å². The van der Waals surface area contributed by atoms with E-state index in [2.05, 4.69) is 44.4 Å². The highest BCUT2D eigenvalue weighted by Crippen LogP contribution is 2.27. The molecule has 0 bridgehead atoms. The fraction of sp³-hybridized carbons (Fsp3) is 0.636. The topological polar surface area (TPSA) is 29.0 Å². The summed E-state index contributed by atoms with van der Waals surface area (Å²) >= 11 is 2.32. The van der Waals surface area contributed by atoms with Crippen molar-refractivity contribution in [3.8, 4) is 0 Å². The van der Waals surface area contributed by atoms with Crippen LogP contribution in [0.2, 0.25) is 0 Å². The van der Waals surface area contributed by atoms with Crippen LogP contribution in [0.5, 0.6) is 0 Å². The lowest BCUT2D eigenvalue weighted by Gasteiger charge is -2.36. The molecule has 0 spiro atoms. The average molecular weight is 317 g/mol. The zero-order valence-corrected chi connectivity index (χ0v) is 11.1. The van der Waals surface area contributed by atoms with Gasteiger partial charge in [-0.1, -0.05) is 6.92 Å². The van der Waals surface area contributed by atoms with Crippen LogP contribution in [0.25, 0.3) is 0 Å². The predicted molar refractivity (Wildman–Crippen MR) is 70.0 cm³/mol. The SMILES string of the molecule is CCC1CCCCN1c1ncncc1I. The molecule has 1 saturated heterocycles. The van der Waals surface area contributed by atoms with Gasteiger partial charge in [0.2, 0.25) is 0 Å². The van der Waals surface area contributed by atoms with Crippen LogP contribution >= 0.6 is 22.6 Å². The first kappa shape index (κ1) is 11.1. The summed E-state index contributed by atoms with van der Waals surface area (Å²) in [5.74, 6) is 1.12. The van der Waals surface area contributed by atoms with Crippen molar-refractivity contribution in [1.82, 2.24) is 9.97 Å². The molecule has 2 heterocycles. The molecule has 82 valence electrons. The Morgan fingerprint density at radius 1 is 1.53 bits per heavy atom. The molecule has 4 heteroatoms. The number of aromatic nitrogens is 2. The van der Waals surface area contributed by atoms with Crippen molar-refractivity contribution >= 4 is 28.4 Å². The number of anilines is 1. The zero-order valence-electron chi connectivity index (χ0n) is 8.99. The van der Waals surface area contributed by atoms with Gasteiger partial charge in [-0.3, -0.25) is 0 Å². The minimum atomic E-state index is 0.669. The van der Waals surface area contributed by atoms with Crippen LogP contribution < -0.4 is 4.90 Å². The van der Waals surface area contributed by atoms with Gasteiger partial charge in [-0.15, -0.1) is 0 Å². The standard InChI is InChI=1S/C11H16IN3/c1-2-9-5-3-4-6-15(9)11-10(12)7-13-8-14-11/h7-9H,2-6H2,1H3. The Morgan fingerprint density at radius 2 is 2.40 bits per heavy atom. The first-order valence-corrected chi connectivity index (χ1v) is 6.63. The molecule has 1 aromatic heterocycles. The van der Waals surface area contributed by atoms with Crippen LogP contribution in [0.1, 0.15) is 32.6 Å². The van der Waals surface area contributed by atoms with E-state index in [1.807, 2.05) is 6.20 Å². The normalized spacial score (nSPS) is 21.7. The van der Waals surface area contributed by atoms with E-state index in [-0.39, 0.29) is 0 Å². The van der Waals surface area contributed by atoms with Crippen molar-refractivity contribution in [2.75, 3.05) is 11.4 Å². The monoisotopic (exact) mass is 317 g/mol. The van der Waals surface area contributed by atoms with E-state index >= 15 is 0 Å². The van der Waals surface area contributed by atoms with E-state index < -0.39 is 0 Å². The third-order valence-electron chi connectivity index (χ3n) is 3.02. The van der Waals surface area contributed by atoms with Crippen molar-refractivity contribution in [2.45, 2.75) is 38.6 Å². The van der Waals surface area contributed by atoms with Crippen molar-refractivity contribution in [2.24, 2.45) is 0 Å². The molecule has 15 heavy (non-hydrogen) atoms. The maximum atomic E-state index is 4.41. The molecule has 1 aliphatic rings. The van der Waals surface area contributed by atoms with Gasteiger partial charge >= 0.3 is 0 Å². The second-order valence-corrected chi connectivity index (χ2v) is 5.11. The molecule has 2 rings (SSSR count). The Bertz CT molecular complexity index is 329. The van der Waals surface area contributed by atoms with Crippen LogP contribution in [0.3, 0.4) is 0 Å². The van der Waals surface area contributed by atoms with Crippen molar-refractivity contribution < 1.29 is 0 Å². The minimum absolute atomic E-state index is 0.669. The first-order valence-electron chi connectivity index (χ1n) is 5.55. The lowest BCUT2D eigenvalue weighted by molar-refractivity contribution is 0.446. The van der Waals surface area contributed by atoms with Gasteiger partial charge < -0.3 is 4.90 Å². The Morgan fingerprint density at radius 3 is 3.13 bits per heavy atom. The average Bonchev–Trinajstić information content (AvgIpc) is 2.30. The molecular formula is C11H16IN3. The summed E-state index contributed by atoms with van der Waals surface area (Å²) in [6.45, 7) is 3.41. The quantitative estimate of drug-likeness (QED) is 0.786. The number of hydrogen-bond donors (Lipinski definition) is 0. The molecule has 1 atom stereocenters. The predicted octanol–water partition coefficient (Wildman–Crippen LogP) is 2.85. The molecule has 0 aliphatic carbocycles. The third kappa shape index (κ3) is 2.41. The number of hydrogen-bond acceptors (Lipinski definition) is 3. The molecule has 0 amide bonds. The largest absolute Gasteiger partial charge is 0.353 e. The fourth-order valence-electron chi connectivity index (χ4n) is 2.22. The summed E-state index contributed by atoms with van der Waals surface area (Å²) in [6, 6.07) is 0.669. The molecular weight excluding hydrogens is 301 g/mol. The Hall–Kier alpha value is -0.390. The first-order chi connectivity index (χ1) is 7.33. The molecule has 1 aliphatic heterocycles. The van der Waals surface area contributed by atoms with E-state index in [0.29, 0.717) is 6.04 Å². The second kappa shape index (κ2) is 5.09. The maximum absolute atomic E-state index is 4.41. The van der Waals surface area contributed by atoms with Crippen molar-refractivity contribution in [1.29, 1.82) is 0 Å². The molecule has 1 aromatic rings. The summed E-state index contributed by atoms with van der Waals surface area (Å²) in [6.07, 6.45) is 8.70. The van der Waals surface area contributed by atoms with Gasteiger partial charge in [0, 0.05) is 18.8 Å². The molecule has 1 fully saturated rings. The van der Waals surface area contributed by atoms with Gasteiger partial charge in [-0.05, 0) is 48.3 Å². The summed E-state index contributed by atoms with van der Waals surface area (Å²) in [5, 5.41) is 0. The number of rotatable bonds is 2. The number of nitrogens with zero attached hydrogens (tertiary/aromatic N) is 3. The summed E-state index contributed by atoms with van der Waals surface area (Å²) in [7, 11) is 0. The van der Waals surface area contributed by atoms with E-state index in [4.69, 9.17) is 0 Å². The van der Waals surface area contributed by atoms with E-state index in [1.165, 1.54) is 25.7 Å². The minimum Gasteiger partial charge on any atom is -0.353 e. The van der Waals surface area contributed by atoms with Gasteiger partial charge in [0.25, 0.3) is 0 Å². The van der Waals surface area contributed by atoms with Crippen LogP contribution in [0, 0.1) is 3.57 Å². The molecule has 1 unspecified atom stereocenters. The van der Waals surface area contributed by atoms with Gasteiger partial charge in [-0.25, -0.2) is 9.97 Å². The highest BCUT2D eigenvalue weighted by molar-refractivity contribution is 14.1. The van der Waals surface area contributed by atoms with Gasteiger partial charge in [0.15, 0.2) is 0 Å². The molecule has 0 aromatic carbocycles. The van der Waals surface area contributed by atoms with E-state index in [1.54, 1.807) is 6.33 Å². The van der Waals surface area contributed by atoms with E-state index in [9.17, 15) is 0 Å². The Balaban J connectivity index is 2.24. The Labute approximate surface area is 104 Å². The smallest absolute Gasteiger partial charge is 0.145 e. The van der Waals surface area contributed by atoms with Gasteiger partial charge in [0.1, 0.15) is 12.1 Å². The molecule has 3 nitrogen and oxygen atoms in total. The summed E-state index contributed by atoms with van der Waals surface area (Å²) in [5.41, 5.74) is 0. The number of piperidine rings is 1. The van der Waals surface area contributed by atoms with E-state index in [0.717, 1.165) is 15.9 Å². The van der Waals surface area contributed by atoms with Gasteiger partial charge in [-0.2, -0.15) is 0 Å². The zero-order chi connectivity index (χ0) is 10.7. The Kier molecular flexibility index (Phi) is 3.77. The van der Waals surface area contributed by atoms with Crippen LogP contribution in [-0.2, 0) is 0 Å². The fourth-order valence-corrected chi connectivity index (χ4v) is 2.83. The maximum Gasteiger partial charge on any atom is 0.145 e. The molecule has 0 saturated carbocycles. The second-order valence-electron chi connectivity index (χ2n) is 3.95. The van der Waals surface area contributed by atoms with Crippen molar-refractivity contribution in [3.05, 3.63) is 16.1 Å². The lowest BCUT2D eigenvalue weighted by atomic mass is 10.0. The summed E-state index contributed by atoms with van der Waals surface area (Å²) in [4.78, 5) is 10.9. The lowest BCUT2D eigenvalue weighted by Crippen LogP contribution is -2.40. The third-order valence-corrected chi connectivity index (χ3v) is 3.78. The van der Waals surface area contributed by atoms with Crippen LogP contribution in [-0.4, -0.2) is 22.6 Å². The number of halogens is 1. The van der Waals surface area contributed by atoms with Gasteiger partial charge in [0.05, 0.1) is 3.57 Å². The summed E-state index contributed by atoms with van der Waals surface area (Å²) < 4.78 is 1.16. The highest BCUT2D eigenvalue weighted by atomic mass is 127. The van der Waals surface area contributed by atoms with Crippen molar-refractivity contribution in [3.63, 3.8) is 0 Å². The van der Waals surface area contributed by atoms with Crippen LogP contribution in [0.15, 0.2) is 12.5 Å². The highest BCUT2D eigenvalue weighted by Gasteiger charge is 2.23.